The molecule has 7 nitrogen and oxygen atoms in total. The number of hydrogen-bond acceptors (Lipinski definition) is 5. The van der Waals surface area contributed by atoms with Crippen molar-refractivity contribution >= 4 is 40.2 Å². The molecule has 0 atom stereocenters. The van der Waals surface area contributed by atoms with Gasteiger partial charge in [-0.25, -0.2) is 4.98 Å². The number of hydrogen-bond donors (Lipinski definition) is 2. The van der Waals surface area contributed by atoms with E-state index in [1.165, 1.54) is 0 Å². The molecule has 2 N–H and O–H groups in total. The SMILES string of the molecule is CN1CCN(c2cc(CNC(=O)CNC(=O)c3ccccc3I)ccn2)CC1. The summed E-state index contributed by atoms with van der Waals surface area (Å²) in [6.45, 7) is 4.28. The Morgan fingerprint density at radius 1 is 1.11 bits per heavy atom. The van der Waals surface area contributed by atoms with Crippen LogP contribution in [0, 0.1) is 3.57 Å². The summed E-state index contributed by atoms with van der Waals surface area (Å²) in [5, 5.41) is 5.51. The van der Waals surface area contributed by atoms with Gasteiger partial charge in [0.25, 0.3) is 5.91 Å². The monoisotopic (exact) mass is 493 g/mol. The topological polar surface area (TPSA) is 77.6 Å². The number of benzene rings is 1. The lowest BCUT2D eigenvalue weighted by molar-refractivity contribution is -0.120. The average molecular weight is 493 g/mol. The average Bonchev–Trinajstić information content (AvgIpc) is 2.71. The van der Waals surface area contributed by atoms with Crippen LogP contribution in [0.2, 0.25) is 0 Å². The summed E-state index contributed by atoms with van der Waals surface area (Å²) in [6, 6.07) is 11.2. The predicted octanol–water partition coefficient (Wildman–Crippen LogP) is 1.48. The lowest BCUT2D eigenvalue weighted by atomic mass is 10.2. The van der Waals surface area contributed by atoms with Crippen LogP contribution < -0.4 is 15.5 Å². The Hall–Kier alpha value is -2.20. The first-order chi connectivity index (χ1) is 13.5. The second-order valence-electron chi connectivity index (χ2n) is 6.75. The summed E-state index contributed by atoms with van der Waals surface area (Å²) in [5.41, 5.74) is 1.56. The molecular formula is C20H24IN5O2. The number of halogens is 1. The van der Waals surface area contributed by atoms with Gasteiger partial charge in [0, 0.05) is 42.5 Å². The van der Waals surface area contributed by atoms with Gasteiger partial charge in [-0.15, -0.1) is 0 Å². The van der Waals surface area contributed by atoms with Gasteiger partial charge < -0.3 is 20.4 Å². The van der Waals surface area contributed by atoms with Crippen LogP contribution in [0.3, 0.4) is 0 Å². The van der Waals surface area contributed by atoms with Crippen LogP contribution >= 0.6 is 22.6 Å². The van der Waals surface area contributed by atoms with Crippen molar-refractivity contribution < 1.29 is 9.59 Å². The predicted molar refractivity (Wildman–Crippen MR) is 117 cm³/mol. The fourth-order valence-electron chi connectivity index (χ4n) is 2.94. The van der Waals surface area contributed by atoms with E-state index in [4.69, 9.17) is 0 Å². The molecule has 1 aromatic heterocycles. The molecule has 1 aliphatic rings. The first-order valence-corrected chi connectivity index (χ1v) is 10.3. The third-order valence-electron chi connectivity index (χ3n) is 4.65. The summed E-state index contributed by atoms with van der Waals surface area (Å²) in [4.78, 5) is 33.3. The van der Waals surface area contributed by atoms with Gasteiger partial charge in [0.05, 0.1) is 12.1 Å². The summed E-state index contributed by atoms with van der Waals surface area (Å²) in [7, 11) is 2.12. The van der Waals surface area contributed by atoms with E-state index in [-0.39, 0.29) is 18.4 Å². The first kappa shape index (κ1) is 20.5. The minimum Gasteiger partial charge on any atom is -0.354 e. The molecule has 0 radical (unpaired) electrons. The van der Waals surface area contributed by atoms with Gasteiger partial charge in [0.1, 0.15) is 5.82 Å². The minimum absolute atomic E-state index is 0.0553. The zero-order valence-electron chi connectivity index (χ0n) is 15.8. The molecule has 1 fully saturated rings. The molecule has 0 aliphatic carbocycles. The molecule has 0 saturated carbocycles. The van der Waals surface area contributed by atoms with Crippen molar-refractivity contribution in [1.29, 1.82) is 0 Å². The number of piperazine rings is 1. The highest BCUT2D eigenvalue weighted by atomic mass is 127. The molecule has 8 heteroatoms. The molecule has 3 rings (SSSR count). The number of anilines is 1. The fourth-order valence-corrected chi connectivity index (χ4v) is 3.58. The van der Waals surface area contributed by atoms with Crippen LogP contribution in [-0.4, -0.2) is 61.5 Å². The van der Waals surface area contributed by atoms with Crippen molar-refractivity contribution in [2.75, 3.05) is 44.7 Å². The molecule has 1 aromatic carbocycles. The molecule has 1 saturated heterocycles. The molecule has 0 unspecified atom stereocenters. The van der Waals surface area contributed by atoms with Gasteiger partial charge in [-0.2, -0.15) is 0 Å². The number of pyridine rings is 1. The third kappa shape index (κ3) is 5.65. The van der Waals surface area contributed by atoms with E-state index in [0.717, 1.165) is 41.1 Å². The molecule has 2 heterocycles. The molecule has 0 spiro atoms. The highest BCUT2D eigenvalue weighted by molar-refractivity contribution is 14.1. The molecule has 2 amide bonds. The number of rotatable bonds is 6. The Morgan fingerprint density at radius 2 is 1.86 bits per heavy atom. The van der Waals surface area contributed by atoms with Crippen LogP contribution in [0.15, 0.2) is 42.6 Å². The molecule has 1 aliphatic heterocycles. The number of nitrogens with zero attached hydrogens (tertiary/aromatic N) is 3. The smallest absolute Gasteiger partial charge is 0.252 e. The maximum atomic E-state index is 12.2. The zero-order valence-corrected chi connectivity index (χ0v) is 18.0. The van der Waals surface area contributed by atoms with Gasteiger partial charge >= 0.3 is 0 Å². The Bertz CT molecular complexity index is 837. The molecule has 148 valence electrons. The van der Waals surface area contributed by atoms with Gasteiger partial charge in [-0.3, -0.25) is 9.59 Å². The van der Waals surface area contributed by atoms with Crippen LogP contribution in [0.4, 0.5) is 5.82 Å². The Labute approximate surface area is 178 Å². The van der Waals surface area contributed by atoms with Crippen LogP contribution in [0.1, 0.15) is 15.9 Å². The van der Waals surface area contributed by atoms with Gasteiger partial charge in [0.2, 0.25) is 5.91 Å². The quantitative estimate of drug-likeness (QED) is 0.597. The van der Waals surface area contributed by atoms with E-state index in [9.17, 15) is 9.59 Å². The van der Waals surface area contributed by atoms with E-state index in [2.05, 4.69) is 55.1 Å². The number of amides is 2. The Balaban J connectivity index is 1.47. The van der Waals surface area contributed by atoms with E-state index < -0.39 is 0 Å². The second kappa shape index (κ2) is 9.83. The second-order valence-corrected chi connectivity index (χ2v) is 7.91. The van der Waals surface area contributed by atoms with Crippen LogP contribution in [-0.2, 0) is 11.3 Å². The van der Waals surface area contributed by atoms with Crippen molar-refractivity contribution in [2.24, 2.45) is 0 Å². The van der Waals surface area contributed by atoms with Crippen LogP contribution in [0.5, 0.6) is 0 Å². The van der Waals surface area contributed by atoms with Gasteiger partial charge in [-0.05, 0) is 59.5 Å². The summed E-state index contributed by atoms with van der Waals surface area (Å²) in [6.07, 6.45) is 1.77. The van der Waals surface area contributed by atoms with Gasteiger partial charge in [0.15, 0.2) is 0 Å². The third-order valence-corrected chi connectivity index (χ3v) is 5.60. The maximum absolute atomic E-state index is 12.2. The molecule has 2 aromatic rings. The number of carbonyl (C=O) groups excluding carboxylic acids is 2. The largest absolute Gasteiger partial charge is 0.354 e. The zero-order chi connectivity index (χ0) is 19.9. The summed E-state index contributed by atoms with van der Waals surface area (Å²) in [5.74, 6) is 0.463. The molecular weight excluding hydrogens is 469 g/mol. The van der Waals surface area contributed by atoms with Crippen molar-refractivity contribution in [3.05, 3.63) is 57.3 Å². The molecule has 0 bridgehead atoms. The van der Waals surface area contributed by atoms with Crippen LogP contribution in [0.25, 0.3) is 0 Å². The summed E-state index contributed by atoms with van der Waals surface area (Å²) >= 11 is 2.11. The van der Waals surface area contributed by atoms with E-state index in [1.54, 1.807) is 18.3 Å². The van der Waals surface area contributed by atoms with Crippen molar-refractivity contribution in [2.45, 2.75) is 6.54 Å². The number of likely N-dealkylation sites (N-methyl/N-ethyl adjacent to an activating group) is 1. The summed E-state index contributed by atoms with van der Waals surface area (Å²) < 4.78 is 0.853. The van der Waals surface area contributed by atoms with E-state index >= 15 is 0 Å². The first-order valence-electron chi connectivity index (χ1n) is 9.21. The highest BCUT2D eigenvalue weighted by Crippen LogP contribution is 2.15. The Morgan fingerprint density at radius 3 is 2.61 bits per heavy atom. The Kier molecular flexibility index (Phi) is 7.21. The van der Waals surface area contributed by atoms with Gasteiger partial charge in [-0.1, -0.05) is 12.1 Å². The van der Waals surface area contributed by atoms with Crippen molar-refractivity contribution in [3.63, 3.8) is 0 Å². The standard InChI is InChI=1S/C20H24IN5O2/c1-25-8-10-26(11-9-25)18-12-15(6-7-22-18)13-23-19(27)14-24-20(28)16-4-2-3-5-17(16)21/h2-7,12H,8-11,13-14H2,1H3,(H,23,27)(H,24,28). The lowest BCUT2D eigenvalue weighted by Crippen LogP contribution is -2.44. The van der Waals surface area contributed by atoms with E-state index in [1.807, 2.05) is 24.3 Å². The molecule has 28 heavy (non-hydrogen) atoms. The normalized spacial score (nSPS) is 14.6. The number of aromatic nitrogens is 1. The minimum atomic E-state index is -0.249. The fraction of sp³-hybridized carbons (Fsp3) is 0.350. The number of nitrogens with one attached hydrogen (secondary N) is 2. The van der Waals surface area contributed by atoms with Crippen molar-refractivity contribution in [3.8, 4) is 0 Å². The number of carbonyl (C=O) groups is 2. The lowest BCUT2D eigenvalue weighted by Gasteiger charge is -2.33. The highest BCUT2D eigenvalue weighted by Gasteiger charge is 2.15. The van der Waals surface area contributed by atoms with E-state index in [0.29, 0.717) is 12.1 Å². The van der Waals surface area contributed by atoms with Crippen molar-refractivity contribution in [1.82, 2.24) is 20.5 Å². The maximum Gasteiger partial charge on any atom is 0.252 e.